The van der Waals surface area contributed by atoms with E-state index in [-0.39, 0.29) is 6.04 Å². The number of guanidine groups is 1. The summed E-state index contributed by atoms with van der Waals surface area (Å²) in [6, 6.07) is 10.6. The second-order valence-electron chi connectivity index (χ2n) is 5.37. The average Bonchev–Trinajstić information content (AvgIpc) is 3.04. The molecule has 0 saturated heterocycles. The van der Waals surface area contributed by atoms with Crippen LogP contribution in [-0.2, 0) is 12.8 Å². The van der Waals surface area contributed by atoms with Gasteiger partial charge in [-0.25, -0.2) is 4.98 Å². The van der Waals surface area contributed by atoms with E-state index in [1.165, 1.54) is 10.6 Å². The lowest BCUT2D eigenvalue weighted by molar-refractivity contribution is 0.686. The standard InChI is InChI=1S/C18H26N4S/c1-4-17-22-16(13-23-17)11-12-20-18(19-5-2)21-14(3)15-9-7-6-8-10-15/h6-10,13-14H,4-5,11-12H2,1-3H3,(H2,19,20,21). The van der Waals surface area contributed by atoms with E-state index in [9.17, 15) is 0 Å². The van der Waals surface area contributed by atoms with Gasteiger partial charge in [0, 0.05) is 24.9 Å². The highest BCUT2D eigenvalue weighted by Crippen LogP contribution is 2.12. The highest BCUT2D eigenvalue weighted by molar-refractivity contribution is 7.09. The lowest BCUT2D eigenvalue weighted by atomic mass is 10.1. The number of hydrogen-bond acceptors (Lipinski definition) is 3. The van der Waals surface area contributed by atoms with Crippen molar-refractivity contribution in [1.29, 1.82) is 0 Å². The van der Waals surface area contributed by atoms with Crippen molar-refractivity contribution in [3.8, 4) is 0 Å². The van der Waals surface area contributed by atoms with Crippen LogP contribution in [0.5, 0.6) is 0 Å². The summed E-state index contributed by atoms with van der Waals surface area (Å²) < 4.78 is 0. The van der Waals surface area contributed by atoms with Gasteiger partial charge >= 0.3 is 0 Å². The molecule has 5 heteroatoms. The summed E-state index contributed by atoms with van der Waals surface area (Å²) >= 11 is 1.74. The highest BCUT2D eigenvalue weighted by atomic mass is 32.1. The molecule has 0 aliphatic rings. The summed E-state index contributed by atoms with van der Waals surface area (Å²) in [7, 11) is 0. The van der Waals surface area contributed by atoms with Crippen molar-refractivity contribution in [3.05, 3.63) is 52.0 Å². The number of rotatable bonds is 7. The molecule has 2 aromatic rings. The number of aromatic nitrogens is 1. The molecule has 0 saturated carbocycles. The molecule has 124 valence electrons. The summed E-state index contributed by atoms with van der Waals surface area (Å²) in [5.41, 5.74) is 2.40. The van der Waals surface area contributed by atoms with Crippen molar-refractivity contribution in [2.75, 3.05) is 13.1 Å². The Morgan fingerprint density at radius 3 is 2.70 bits per heavy atom. The highest BCUT2D eigenvalue weighted by Gasteiger charge is 2.07. The molecule has 0 spiro atoms. The van der Waals surface area contributed by atoms with Crippen molar-refractivity contribution in [3.63, 3.8) is 0 Å². The Kier molecular flexibility index (Phi) is 7.07. The van der Waals surface area contributed by atoms with Crippen LogP contribution in [0, 0.1) is 0 Å². The van der Waals surface area contributed by atoms with Crippen LogP contribution in [0.25, 0.3) is 0 Å². The van der Waals surface area contributed by atoms with E-state index in [0.29, 0.717) is 0 Å². The van der Waals surface area contributed by atoms with Crippen LogP contribution >= 0.6 is 11.3 Å². The Morgan fingerprint density at radius 1 is 1.26 bits per heavy atom. The van der Waals surface area contributed by atoms with Crippen molar-refractivity contribution in [2.45, 2.75) is 39.7 Å². The van der Waals surface area contributed by atoms with Crippen molar-refractivity contribution < 1.29 is 0 Å². The van der Waals surface area contributed by atoms with Crippen LogP contribution in [0.2, 0.25) is 0 Å². The molecular weight excluding hydrogens is 304 g/mol. The summed E-state index contributed by atoms with van der Waals surface area (Å²) in [6.07, 6.45) is 1.89. The molecule has 0 aliphatic carbocycles. The quantitative estimate of drug-likeness (QED) is 0.603. The third-order valence-corrected chi connectivity index (χ3v) is 4.58. The molecule has 2 N–H and O–H groups in total. The number of thiazole rings is 1. The number of nitrogens with zero attached hydrogens (tertiary/aromatic N) is 2. The predicted molar refractivity (Wildman–Crippen MR) is 99.2 cm³/mol. The van der Waals surface area contributed by atoms with Crippen LogP contribution in [0.4, 0.5) is 0 Å². The van der Waals surface area contributed by atoms with Gasteiger partial charge in [-0.15, -0.1) is 11.3 Å². The number of aryl methyl sites for hydroxylation is 1. The molecule has 0 fully saturated rings. The van der Waals surface area contributed by atoms with E-state index in [1.54, 1.807) is 11.3 Å². The van der Waals surface area contributed by atoms with Crippen LogP contribution in [0.1, 0.15) is 43.1 Å². The third kappa shape index (κ3) is 5.67. The van der Waals surface area contributed by atoms with Gasteiger partial charge in [0.1, 0.15) is 0 Å². The van der Waals surface area contributed by atoms with Gasteiger partial charge in [-0.2, -0.15) is 0 Å². The van der Waals surface area contributed by atoms with Gasteiger partial charge in [-0.3, -0.25) is 4.99 Å². The molecule has 4 nitrogen and oxygen atoms in total. The molecule has 1 heterocycles. The molecule has 1 aromatic heterocycles. The van der Waals surface area contributed by atoms with Gasteiger partial charge in [-0.05, 0) is 25.8 Å². The number of hydrogen-bond donors (Lipinski definition) is 2. The maximum absolute atomic E-state index is 4.67. The molecule has 1 atom stereocenters. The van der Waals surface area contributed by atoms with E-state index in [2.05, 4.69) is 71.0 Å². The molecule has 23 heavy (non-hydrogen) atoms. The number of nitrogens with one attached hydrogen (secondary N) is 2. The fraction of sp³-hybridized carbons (Fsp3) is 0.444. The van der Waals surface area contributed by atoms with Gasteiger partial charge in [-0.1, -0.05) is 37.3 Å². The summed E-state index contributed by atoms with van der Waals surface area (Å²) in [6.45, 7) is 7.96. The topological polar surface area (TPSA) is 49.3 Å². The summed E-state index contributed by atoms with van der Waals surface area (Å²) in [4.78, 5) is 9.26. The zero-order chi connectivity index (χ0) is 16.5. The maximum atomic E-state index is 4.67. The fourth-order valence-corrected chi connectivity index (χ4v) is 3.04. The van der Waals surface area contributed by atoms with Crippen LogP contribution in [0.15, 0.2) is 40.7 Å². The van der Waals surface area contributed by atoms with Gasteiger partial charge in [0.25, 0.3) is 0 Å². The van der Waals surface area contributed by atoms with Crippen LogP contribution in [-0.4, -0.2) is 24.0 Å². The second-order valence-corrected chi connectivity index (χ2v) is 6.32. The molecule has 0 aliphatic heterocycles. The molecule has 0 amide bonds. The number of aliphatic imine (C=N–C) groups is 1. The minimum atomic E-state index is 0.222. The fourth-order valence-electron chi connectivity index (χ4n) is 2.26. The zero-order valence-electron chi connectivity index (χ0n) is 14.2. The Labute approximate surface area is 143 Å². The summed E-state index contributed by atoms with van der Waals surface area (Å²) in [5, 5.41) is 10.1. The normalized spacial score (nSPS) is 12.9. The van der Waals surface area contributed by atoms with E-state index in [4.69, 9.17) is 0 Å². The van der Waals surface area contributed by atoms with Gasteiger partial charge in [0.05, 0.1) is 16.7 Å². The first-order valence-electron chi connectivity index (χ1n) is 8.26. The largest absolute Gasteiger partial charge is 0.357 e. The SMILES string of the molecule is CCNC(=NCCc1csc(CC)n1)NC(C)c1ccccc1. The molecule has 0 bridgehead atoms. The molecule has 1 unspecified atom stereocenters. The smallest absolute Gasteiger partial charge is 0.191 e. The minimum Gasteiger partial charge on any atom is -0.357 e. The van der Waals surface area contributed by atoms with Crippen molar-refractivity contribution >= 4 is 17.3 Å². The monoisotopic (exact) mass is 330 g/mol. The van der Waals surface area contributed by atoms with E-state index in [0.717, 1.165) is 37.6 Å². The predicted octanol–water partition coefficient (Wildman–Crippen LogP) is 3.56. The Balaban J connectivity index is 1.91. The lowest BCUT2D eigenvalue weighted by Gasteiger charge is -2.18. The zero-order valence-corrected chi connectivity index (χ0v) is 15.0. The van der Waals surface area contributed by atoms with Crippen LogP contribution < -0.4 is 10.6 Å². The van der Waals surface area contributed by atoms with E-state index < -0.39 is 0 Å². The van der Waals surface area contributed by atoms with Crippen LogP contribution in [0.3, 0.4) is 0 Å². The third-order valence-electron chi connectivity index (χ3n) is 3.54. The Morgan fingerprint density at radius 2 is 2.04 bits per heavy atom. The van der Waals surface area contributed by atoms with Gasteiger partial charge in [0.15, 0.2) is 5.96 Å². The van der Waals surface area contributed by atoms with Gasteiger partial charge < -0.3 is 10.6 Å². The first kappa shape index (κ1) is 17.5. The Bertz CT molecular complexity index is 606. The van der Waals surface area contributed by atoms with Crippen molar-refractivity contribution in [2.24, 2.45) is 4.99 Å². The maximum Gasteiger partial charge on any atom is 0.191 e. The second kappa shape index (κ2) is 9.30. The van der Waals surface area contributed by atoms with E-state index >= 15 is 0 Å². The molecule has 0 radical (unpaired) electrons. The minimum absolute atomic E-state index is 0.222. The molecular formula is C18H26N4S. The van der Waals surface area contributed by atoms with Gasteiger partial charge in [0.2, 0.25) is 0 Å². The Hall–Kier alpha value is -1.88. The number of benzene rings is 1. The van der Waals surface area contributed by atoms with Crippen molar-refractivity contribution in [1.82, 2.24) is 15.6 Å². The first-order chi connectivity index (χ1) is 11.2. The summed E-state index contributed by atoms with van der Waals surface area (Å²) in [5.74, 6) is 0.856. The molecule has 1 aromatic carbocycles. The first-order valence-corrected chi connectivity index (χ1v) is 9.14. The van der Waals surface area contributed by atoms with E-state index in [1.807, 2.05) is 6.07 Å². The lowest BCUT2D eigenvalue weighted by Crippen LogP contribution is -2.38. The molecule has 2 rings (SSSR count). The average molecular weight is 331 g/mol.